The summed E-state index contributed by atoms with van der Waals surface area (Å²) in [5.41, 5.74) is 3.69. The number of phenols is 1. The van der Waals surface area contributed by atoms with Crippen molar-refractivity contribution < 1.29 is 34.8 Å². The number of carbonyl (C=O) groups excluding carboxylic acids is 3. The zero-order valence-corrected chi connectivity index (χ0v) is 24.0. The number of anilines is 2. The Morgan fingerprint density at radius 2 is 1.76 bits per heavy atom. The lowest BCUT2D eigenvalue weighted by molar-refractivity contribution is -0.153. The zero-order valence-electron chi connectivity index (χ0n) is 24.0. The number of Topliss-reactive ketones (excluding diaryl/α,β-unsaturated/α-hetero) is 2. The molecule has 0 unspecified atom stereocenters. The standard InChI is InChI=1S/C30H40N4O7/c1-33(2)19-12-18(32-13-14-8-6-5-7-9-14)24(35)21-16(19)10-15-11-17-23(34(3)4)26(37)22(29(31)40)28(39)30(17,41)27(38)20(15)25(21)36/h12,14-15,17,23,32,35-36,39,41H,5-11,13H2,1-4H3,(H2,31,40)/t15-,17-,23-,30-/m0/s1. The highest BCUT2D eigenvalue weighted by Gasteiger charge is 2.64. The Kier molecular flexibility index (Phi) is 7.31. The minimum absolute atomic E-state index is 0.0566. The van der Waals surface area contributed by atoms with E-state index in [1.807, 2.05) is 25.1 Å². The lowest BCUT2D eigenvalue weighted by atomic mass is 9.57. The predicted octanol–water partition coefficient (Wildman–Crippen LogP) is 2.02. The third kappa shape index (κ3) is 4.37. The maximum Gasteiger partial charge on any atom is 0.255 e. The van der Waals surface area contributed by atoms with Gasteiger partial charge in [-0.05, 0) is 63.2 Å². The Balaban J connectivity index is 1.64. The van der Waals surface area contributed by atoms with Gasteiger partial charge in [-0.1, -0.05) is 19.3 Å². The van der Waals surface area contributed by atoms with E-state index in [1.165, 1.54) is 24.2 Å². The van der Waals surface area contributed by atoms with E-state index >= 15 is 0 Å². The van der Waals surface area contributed by atoms with Gasteiger partial charge in [-0.3, -0.25) is 19.3 Å². The predicted molar refractivity (Wildman–Crippen MR) is 154 cm³/mol. The van der Waals surface area contributed by atoms with E-state index in [9.17, 15) is 34.8 Å². The normalized spacial score (nSPS) is 28.4. The van der Waals surface area contributed by atoms with Crippen LogP contribution in [0.5, 0.6) is 5.75 Å². The van der Waals surface area contributed by atoms with Crippen molar-refractivity contribution >= 4 is 34.6 Å². The molecule has 2 saturated carbocycles. The van der Waals surface area contributed by atoms with Crippen LogP contribution in [0.15, 0.2) is 23.0 Å². The summed E-state index contributed by atoms with van der Waals surface area (Å²) in [5.74, 6) is -6.05. The van der Waals surface area contributed by atoms with Crippen LogP contribution >= 0.6 is 0 Å². The summed E-state index contributed by atoms with van der Waals surface area (Å²) in [5, 5.41) is 49.2. The number of phenolic OH excluding ortho intramolecular Hbond substituents is 1. The summed E-state index contributed by atoms with van der Waals surface area (Å²) in [7, 11) is 6.87. The number of primary amides is 1. The van der Waals surface area contributed by atoms with Gasteiger partial charge >= 0.3 is 0 Å². The molecule has 1 aromatic rings. The minimum Gasteiger partial charge on any atom is -0.508 e. The van der Waals surface area contributed by atoms with Gasteiger partial charge in [-0.2, -0.15) is 0 Å². The van der Waals surface area contributed by atoms with E-state index in [-0.39, 0.29) is 29.7 Å². The number of aliphatic hydroxyl groups excluding tert-OH is 2. The molecule has 5 rings (SSSR count). The van der Waals surface area contributed by atoms with E-state index in [4.69, 9.17) is 5.73 Å². The number of benzene rings is 1. The van der Waals surface area contributed by atoms with Gasteiger partial charge < -0.3 is 36.4 Å². The van der Waals surface area contributed by atoms with Crippen molar-refractivity contribution in [3.63, 3.8) is 0 Å². The number of likely N-dealkylation sites (N-methyl/N-ethyl adjacent to an activating group) is 1. The number of rotatable bonds is 6. The van der Waals surface area contributed by atoms with Crippen LogP contribution in [0.4, 0.5) is 11.4 Å². The molecule has 4 aliphatic rings. The molecule has 0 aliphatic heterocycles. The first kappa shape index (κ1) is 28.9. The van der Waals surface area contributed by atoms with Crippen molar-refractivity contribution in [2.75, 3.05) is 45.0 Å². The zero-order chi connectivity index (χ0) is 30.0. The van der Waals surface area contributed by atoms with E-state index in [0.717, 1.165) is 18.5 Å². The Labute approximate surface area is 239 Å². The number of aliphatic hydroxyl groups is 3. The van der Waals surface area contributed by atoms with Crippen LogP contribution in [0.25, 0.3) is 5.76 Å². The molecule has 0 saturated heterocycles. The maximum atomic E-state index is 14.1. The SMILES string of the molecule is CN(C)c1cc(NCC2CCCCC2)c(O)c2c1C[C@H]1C[C@H]3[C@H](N(C)C)C(=O)C(C(N)=O)=C(O)[C@@]3(O)C(=O)C1=C2O. The number of amides is 1. The van der Waals surface area contributed by atoms with Crippen molar-refractivity contribution in [2.24, 2.45) is 23.5 Å². The van der Waals surface area contributed by atoms with Crippen LogP contribution in [-0.4, -0.2) is 89.2 Å². The number of ketones is 2. The van der Waals surface area contributed by atoms with Crippen molar-refractivity contribution in [3.8, 4) is 5.75 Å². The van der Waals surface area contributed by atoms with Gasteiger partial charge in [0, 0.05) is 37.8 Å². The number of carbonyl (C=O) groups is 3. The Bertz CT molecular complexity index is 1380. The van der Waals surface area contributed by atoms with Crippen LogP contribution in [0, 0.1) is 17.8 Å². The fraction of sp³-hybridized carbons (Fsp3) is 0.567. The molecule has 41 heavy (non-hydrogen) atoms. The minimum atomic E-state index is -2.65. The number of hydrogen-bond acceptors (Lipinski definition) is 10. The van der Waals surface area contributed by atoms with Crippen molar-refractivity contribution in [3.05, 3.63) is 34.1 Å². The lowest BCUT2D eigenvalue weighted by Crippen LogP contribution is -2.65. The van der Waals surface area contributed by atoms with Crippen LogP contribution in [0.3, 0.4) is 0 Å². The maximum absolute atomic E-state index is 14.1. The first-order valence-electron chi connectivity index (χ1n) is 14.2. The van der Waals surface area contributed by atoms with Gasteiger partial charge in [0.15, 0.2) is 11.4 Å². The highest BCUT2D eigenvalue weighted by molar-refractivity contribution is 6.24. The highest BCUT2D eigenvalue weighted by Crippen LogP contribution is 2.54. The van der Waals surface area contributed by atoms with Gasteiger partial charge in [0.25, 0.3) is 5.91 Å². The summed E-state index contributed by atoms with van der Waals surface area (Å²) in [6.45, 7) is 0.661. The molecule has 1 amide bonds. The molecule has 4 atom stereocenters. The molecule has 1 aromatic carbocycles. The molecule has 0 heterocycles. The Hall–Kier alpha value is -3.57. The van der Waals surface area contributed by atoms with Gasteiger partial charge in [0.2, 0.25) is 5.78 Å². The van der Waals surface area contributed by atoms with E-state index < -0.39 is 58.0 Å². The summed E-state index contributed by atoms with van der Waals surface area (Å²) < 4.78 is 0. The number of nitrogens with zero attached hydrogens (tertiary/aromatic N) is 2. The highest BCUT2D eigenvalue weighted by atomic mass is 16.3. The number of fused-ring (bicyclic) bond motifs is 3. The van der Waals surface area contributed by atoms with E-state index in [2.05, 4.69) is 5.32 Å². The monoisotopic (exact) mass is 568 g/mol. The molecule has 222 valence electrons. The first-order chi connectivity index (χ1) is 19.3. The van der Waals surface area contributed by atoms with Crippen molar-refractivity contribution in [1.29, 1.82) is 0 Å². The molecule has 2 fully saturated rings. The van der Waals surface area contributed by atoms with Gasteiger partial charge in [0.05, 0.1) is 17.3 Å². The number of nitrogens with one attached hydrogen (secondary N) is 1. The Morgan fingerprint density at radius 1 is 1.10 bits per heavy atom. The molecule has 4 aliphatic carbocycles. The smallest absolute Gasteiger partial charge is 0.255 e. The average Bonchev–Trinajstić information content (AvgIpc) is 2.90. The van der Waals surface area contributed by atoms with Gasteiger partial charge in [-0.15, -0.1) is 0 Å². The Morgan fingerprint density at radius 3 is 2.34 bits per heavy atom. The average molecular weight is 569 g/mol. The number of aromatic hydroxyl groups is 1. The topological polar surface area (TPSA) is 177 Å². The fourth-order valence-electron chi connectivity index (χ4n) is 7.47. The molecule has 0 spiro atoms. The van der Waals surface area contributed by atoms with Gasteiger partial charge in [0.1, 0.15) is 22.8 Å². The summed E-state index contributed by atoms with van der Waals surface area (Å²) >= 11 is 0. The van der Waals surface area contributed by atoms with Crippen molar-refractivity contribution in [1.82, 2.24) is 4.90 Å². The molecule has 7 N–H and O–H groups in total. The number of nitrogens with two attached hydrogens (primary N) is 1. The van der Waals surface area contributed by atoms with Gasteiger partial charge in [-0.25, -0.2) is 0 Å². The third-order valence-corrected chi connectivity index (χ3v) is 9.48. The molecule has 11 nitrogen and oxygen atoms in total. The summed E-state index contributed by atoms with van der Waals surface area (Å²) in [4.78, 5) is 42.9. The molecule has 0 aromatic heterocycles. The van der Waals surface area contributed by atoms with E-state index in [1.54, 1.807) is 14.1 Å². The lowest BCUT2D eigenvalue weighted by Gasteiger charge is -2.50. The van der Waals surface area contributed by atoms with Crippen LogP contribution in [-0.2, 0) is 20.8 Å². The third-order valence-electron chi connectivity index (χ3n) is 9.48. The fourth-order valence-corrected chi connectivity index (χ4v) is 7.47. The second-order valence-electron chi connectivity index (χ2n) is 12.4. The molecule has 0 bridgehead atoms. The van der Waals surface area contributed by atoms with Crippen molar-refractivity contribution in [2.45, 2.75) is 56.6 Å². The second kappa shape index (κ2) is 10.4. The summed E-state index contributed by atoms with van der Waals surface area (Å²) in [6, 6.07) is 0.733. The van der Waals surface area contributed by atoms with Crippen LogP contribution < -0.4 is 16.0 Å². The van der Waals surface area contributed by atoms with Crippen LogP contribution in [0.2, 0.25) is 0 Å². The van der Waals surface area contributed by atoms with E-state index in [0.29, 0.717) is 23.7 Å². The molecule has 0 radical (unpaired) electrons. The molecular formula is C30H40N4O7. The molecular weight excluding hydrogens is 528 g/mol. The van der Waals surface area contributed by atoms with Crippen LogP contribution in [0.1, 0.15) is 49.7 Å². The quantitative estimate of drug-likeness (QED) is 0.220. The second-order valence-corrected chi connectivity index (χ2v) is 12.4. The molecule has 11 heteroatoms. The first-order valence-corrected chi connectivity index (χ1v) is 14.2. The number of hydrogen-bond donors (Lipinski definition) is 6. The largest absolute Gasteiger partial charge is 0.508 e. The summed E-state index contributed by atoms with van der Waals surface area (Å²) in [6.07, 6.45) is 6.08.